The molecule has 4 rings (SSSR count). The van der Waals surface area contributed by atoms with E-state index in [1.165, 1.54) is 23.9 Å². The van der Waals surface area contributed by atoms with E-state index in [2.05, 4.69) is 34.7 Å². The lowest BCUT2D eigenvalue weighted by Crippen LogP contribution is -2.25. The number of benzene rings is 3. The molecule has 1 heterocycles. The smallest absolute Gasteiger partial charge is 0.251 e. The third-order valence-electron chi connectivity index (χ3n) is 6.13. The molecule has 39 heavy (non-hydrogen) atoms. The molecule has 0 saturated carbocycles. The Hall–Kier alpha value is -4.18. The van der Waals surface area contributed by atoms with E-state index in [-0.39, 0.29) is 29.8 Å². The van der Waals surface area contributed by atoms with Crippen LogP contribution in [-0.2, 0) is 24.2 Å². The molecule has 0 bridgehead atoms. The summed E-state index contributed by atoms with van der Waals surface area (Å²) in [5.74, 6) is 0.0669. The van der Waals surface area contributed by atoms with Gasteiger partial charge in [0.2, 0.25) is 5.91 Å². The highest BCUT2D eigenvalue weighted by Gasteiger charge is 2.21. The van der Waals surface area contributed by atoms with Gasteiger partial charge in [0.15, 0.2) is 11.0 Å². The Morgan fingerprint density at radius 2 is 1.64 bits per heavy atom. The van der Waals surface area contributed by atoms with Crippen molar-refractivity contribution in [3.8, 4) is 11.4 Å². The van der Waals surface area contributed by atoms with Crippen molar-refractivity contribution in [2.75, 3.05) is 18.2 Å². The number of amides is 2. The first-order chi connectivity index (χ1) is 18.9. The number of rotatable bonds is 11. The topological polar surface area (TPSA) is 98.1 Å². The van der Waals surface area contributed by atoms with Crippen LogP contribution in [0.15, 0.2) is 71.9 Å². The minimum absolute atomic E-state index is 0.000422. The number of nitrogens with one attached hydrogen (secondary N) is 2. The number of halogens is 1. The van der Waals surface area contributed by atoms with Gasteiger partial charge in [0.05, 0.1) is 30.8 Å². The number of nitrogens with zero attached hydrogens (tertiary/aromatic N) is 3. The Kier molecular flexibility index (Phi) is 9.32. The molecule has 0 aliphatic rings. The van der Waals surface area contributed by atoms with E-state index in [0.717, 1.165) is 29.7 Å². The summed E-state index contributed by atoms with van der Waals surface area (Å²) in [5, 5.41) is 14.8. The fourth-order valence-electron chi connectivity index (χ4n) is 4.12. The van der Waals surface area contributed by atoms with Crippen molar-refractivity contribution in [3.63, 3.8) is 0 Å². The normalized spacial score (nSPS) is 10.8. The van der Waals surface area contributed by atoms with Gasteiger partial charge < -0.3 is 15.4 Å². The average molecular weight is 548 g/mol. The maximum Gasteiger partial charge on any atom is 0.251 e. The number of methoxy groups -OCH3 is 1. The number of ether oxygens (including phenoxy) is 1. The predicted octanol–water partition coefficient (Wildman–Crippen LogP) is 5.20. The summed E-state index contributed by atoms with van der Waals surface area (Å²) in [4.78, 5) is 25.5. The van der Waals surface area contributed by atoms with Gasteiger partial charge in [-0.15, -0.1) is 10.2 Å². The van der Waals surface area contributed by atoms with Crippen LogP contribution in [0, 0.1) is 5.82 Å². The van der Waals surface area contributed by atoms with Crippen LogP contribution in [0.1, 0.15) is 41.2 Å². The second-order valence-electron chi connectivity index (χ2n) is 8.59. The zero-order valence-electron chi connectivity index (χ0n) is 22.0. The van der Waals surface area contributed by atoms with Crippen molar-refractivity contribution in [2.24, 2.45) is 0 Å². The van der Waals surface area contributed by atoms with Gasteiger partial charge in [0.1, 0.15) is 11.6 Å². The summed E-state index contributed by atoms with van der Waals surface area (Å²) < 4.78 is 21.1. The van der Waals surface area contributed by atoms with Crippen LogP contribution in [0.25, 0.3) is 5.69 Å². The van der Waals surface area contributed by atoms with Crippen molar-refractivity contribution in [1.82, 2.24) is 20.1 Å². The molecule has 2 amide bonds. The molecule has 1 aromatic heterocycles. The molecule has 3 aromatic carbocycles. The highest BCUT2D eigenvalue weighted by atomic mass is 32.2. The first kappa shape index (κ1) is 27.8. The van der Waals surface area contributed by atoms with Gasteiger partial charge in [0, 0.05) is 5.56 Å². The third kappa shape index (κ3) is 6.64. The highest BCUT2D eigenvalue weighted by Crippen LogP contribution is 2.29. The van der Waals surface area contributed by atoms with Gasteiger partial charge in [-0.1, -0.05) is 55.9 Å². The number of hydrogen-bond donors (Lipinski definition) is 2. The standard InChI is InChI=1S/C29H30FN5O3S/c1-4-19-9-8-10-20(5-2)27(19)35-25(17-31-28(37)21-13-15-22(38-3)16-14-21)33-34-29(35)39-18-26(36)32-24-12-7-6-11-23(24)30/h6-16H,4-5,17-18H2,1-3H3,(H,31,37)(H,32,36). The average Bonchev–Trinajstić information content (AvgIpc) is 3.37. The maximum absolute atomic E-state index is 14.0. The maximum atomic E-state index is 14.0. The Bertz CT molecular complexity index is 1430. The minimum Gasteiger partial charge on any atom is -0.497 e. The number of para-hydroxylation sites is 2. The molecule has 2 N–H and O–H groups in total. The summed E-state index contributed by atoms with van der Waals surface area (Å²) in [6, 6.07) is 19.0. The Morgan fingerprint density at radius 1 is 0.949 bits per heavy atom. The Balaban J connectivity index is 1.60. The van der Waals surface area contributed by atoms with Gasteiger partial charge in [-0.3, -0.25) is 14.2 Å². The lowest BCUT2D eigenvalue weighted by atomic mass is 10.0. The number of thioether (sulfide) groups is 1. The van der Waals surface area contributed by atoms with Crippen LogP contribution in [0.4, 0.5) is 10.1 Å². The SMILES string of the molecule is CCc1cccc(CC)c1-n1c(CNC(=O)c2ccc(OC)cc2)nnc1SCC(=O)Nc1ccccc1F. The number of carbonyl (C=O) groups is 2. The molecule has 0 fully saturated rings. The second kappa shape index (κ2) is 13.1. The zero-order chi connectivity index (χ0) is 27.8. The minimum atomic E-state index is -0.502. The molecule has 0 unspecified atom stereocenters. The zero-order valence-corrected chi connectivity index (χ0v) is 22.8. The van der Waals surface area contributed by atoms with Crippen LogP contribution >= 0.6 is 11.8 Å². The molecule has 0 spiro atoms. The van der Waals surface area contributed by atoms with E-state index in [9.17, 15) is 14.0 Å². The van der Waals surface area contributed by atoms with Crippen LogP contribution in [0.5, 0.6) is 5.75 Å². The van der Waals surface area contributed by atoms with Gasteiger partial charge in [-0.2, -0.15) is 0 Å². The van der Waals surface area contributed by atoms with E-state index in [1.807, 2.05) is 22.8 Å². The van der Waals surface area contributed by atoms with E-state index >= 15 is 0 Å². The molecule has 0 atom stereocenters. The van der Waals surface area contributed by atoms with E-state index in [4.69, 9.17) is 4.74 Å². The van der Waals surface area contributed by atoms with Crippen molar-refractivity contribution < 1.29 is 18.7 Å². The van der Waals surface area contributed by atoms with Crippen LogP contribution in [0.2, 0.25) is 0 Å². The van der Waals surface area contributed by atoms with Gasteiger partial charge >= 0.3 is 0 Å². The lowest BCUT2D eigenvalue weighted by Gasteiger charge is -2.18. The van der Waals surface area contributed by atoms with Crippen molar-refractivity contribution >= 4 is 29.3 Å². The first-order valence-corrected chi connectivity index (χ1v) is 13.6. The molecule has 8 nitrogen and oxygen atoms in total. The van der Waals surface area contributed by atoms with Gasteiger partial charge in [-0.25, -0.2) is 4.39 Å². The van der Waals surface area contributed by atoms with Crippen LogP contribution < -0.4 is 15.4 Å². The Morgan fingerprint density at radius 3 is 2.28 bits per heavy atom. The fourth-order valence-corrected chi connectivity index (χ4v) is 4.87. The van der Waals surface area contributed by atoms with Crippen molar-refractivity contribution in [2.45, 2.75) is 38.4 Å². The van der Waals surface area contributed by atoms with Crippen molar-refractivity contribution in [3.05, 3.63) is 95.1 Å². The molecule has 10 heteroatoms. The number of hydrogen-bond acceptors (Lipinski definition) is 6. The van der Waals surface area contributed by atoms with Gasteiger partial charge in [0.25, 0.3) is 5.91 Å². The lowest BCUT2D eigenvalue weighted by molar-refractivity contribution is -0.113. The molecule has 0 radical (unpaired) electrons. The molecule has 4 aromatic rings. The number of aromatic nitrogens is 3. The quantitative estimate of drug-likeness (QED) is 0.251. The van der Waals surface area contributed by atoms with E-state index in [0.29, 0.717) is 22.3 Å². The van der Waals surface area contributed by atoms with Crippen LogP contribution in [-0.4, -0.2) is 39.4 Å². The summed E-state index contributed by atoms with van der Waals surface area (Å²) >= 11 is 1.20. The monoisotopic (exact) mass is 547 g/mol. The molecule has 0 aliphatic heterocycles. The summed E-state index contributed by atoms with van der Waals surface area (Å²) in [6.07, 6.45) is 1.55. The highest BCUT2D eigenvalue weighted by molar-refractivity contribution is 7.99. The molecular formula is C29H30FN5O3S. The molecule has 202 valence electrons. The molecule has 0 saturated heterocycles. The largest absolute Gasteiger partial charge is 0.497 e. The number of carbonyl (C=O) groups excluding carboxylic acids is 2. The predicted molar refractivity (Wildman–Crippen MR) is 150 cm³/mol. The summed E-state index contributed by atoms with van der Waals surface area (Å²) in [7, 11) is 1.57. The van der Waals surface area contributed by atoms with E-state index < -0.39 is 5.82 Å². The number of aryl methyl sites for hydroxylation is 2. The summed E-state index contributed by atoms with van der Waals surface area (Å²) in [5.41, 5.74) is 3.74. The third-order valence-corrected chi connectivity index (χ3v) is 7.06. The fraction of sp³-hybridized carbons (Fsp3) is 0.241. The van der Waals surface area contributed by atoms with Crippen molar-refractivity contribution in [1.29, 1.82) is 0 Å². The second-order valence-corrected chi connectivity index (χ2v) is 9.54. The van der Waals surface area contributed by atoms with Gasteiger partial charge in [-0.05, 0) is 60.4 Å². The summed E-state index contributed by atoms with van der Waals surface area (Å²) in [6.45, 7) is 4.27. The van der Waals surface area contributed by atoms with Crippen LogP contribution in [0.3, 0.4) is 0 Å². The molecule has 0 aliphatic carbocycles. The first-order valence-electron chi connectivity index (χ1n) is 12.6. The Labute approximate surface area is 231 Å². The van der Waals surface area contributed by atoms with E-state index in [1.54, 1.807) is 43.5 Å². The molecular weight excluding hydrogens is 517 g/mol. The number of anilines is 1.